The molecule has 1 aromatic heterocycles. The third-order valence-electron chi connectivity index (χ3n) is 4.36. The highest BCUT2D eigenvalue weighted by atomic mass is 16.2. The Morgan fingerprint density at radius 1 is 0.800 bits per heavy atom. The summed E-state index contributed by atoms with van der Waals surface area (Å²) in [4.78, 5) is 18.6. The van der Waals surface area contributed by atoms with Crippen molar-refractivity contribution in [1.82, 2.24) is 9.88 Å². The van der Waals surface area contributed by atoms with E-state index in [1.807, 2.05) is 38.1 Å². The van der Waals surface area contributed by atoms with Crippen LogP contribution in [0.2, 0.25) is 0 Å². The van der Waals surface area contributed by atoms with Crippen molar-refractivity contribution in [3.8, 4) is 22.3 Å². The molecule has 126 valence electrons. The summed E-state index contributed by atoms with van der Waals surface area (Å²) in [6.45, 7) is 5.37. The smallest absolute Gasteiger partial charge is 0.255 e. The number of aromatic nitrogens is 1. The molecule has 1 amide bonds. The van der Waals surface area contributed by atoms with Gasteiger partial charge in [0.25, 0.3) is 5.91 Å². The standard InChI is InChI=1S/C22H22N2O/c1-3-24(4-2)22(25)21-14-20(15-23-16-21)19-12-10-18(11-13-19)17-8-6-5-7-9-17/h5-16H,3-4H2,1-2H3. The minimum Gasteiger partial charge on any atom is -0.339 e. The summed E-state index contributed by atoms with van der Waals surface area (Å²) in [5, 5.41) is 0. The predicted octanol–water partition coefficient (Wildman–Crippen LogP) is 4.90. The van der Waals surface area contributed by atoms with Crippen LogP contribution < -0.4 is 0 Å². The van der Waals surface area contributed by atoms with Gasteiger partial charge >= 0.3 is 0 Å². The lowest BCUT2D eigenvalue weighted by molar-refractivity contribution is 0.0772. The van der Waals surface area contributed by atoms with Crippen LogP contribution in [0.25, 0.3) is 22.3 Å². The van der Waals surface area contributed by atoms with Crippen molar-refractivity contribution in [2.75, 3.05) is 13.1 Å². The van der Waals surface area contributed by atoms with Gasteiger partial charge in [0.2, 0.25) is 0 Å². The van der Waals surface area contributed by atoms with E-state index in [2.05, 4.69) is 41.4 Å². The first-order valence-corrected chi connectivity index (χ1v) is 8.63. The van der Waals surface area contributed by atoms with Crippen molar-refractivity contribution >= 4 is 5.91 Å². The Morgan fingerprint density at radius 2 is 1.36 bits per heavy atom. The molecule has 3 rings (SSSR count). The molecule has 0 saturated carbocycles. The van der Waals surface area contributed by atoms with Crippen molar-refractivity contribution in [3.63, 3.8) is 0 Å². The number of hydrogen-bond acceptors (Lipinski definition) is 2. The van der Waals surface area contributed by atoms with Crippen molar-refractivity contribution in [3.05, 3.63) is 78.6 Å². The number of hydrogen-bond donors (Lipinski definition) is 0. The Labute approximate surface area is 149 Å². The SMILES string of the molecule is CCN(CC)C(=O)c1cncc(-c2ccc(-c3ccccc3)cc2)c1. The molecule has 3 aromatic rings. The van der Waals surface area contributed by atoms with Gasteiger partial charge in [0.15, 0.2) is 0 Å². The highest BCUT2D eigenvalue weighted by molar-refractivity contribution is 5.95. The number of carbonyl (C=O) groups is 1. The summed E-state index contributed by atoms with van der Waals surface area (Å²) in [6.07, 6.45) is 3.44. The summed E-state index contributed by atoms with van der Waals surface area (Å²) in [5.41, 5.74) is 5.01. The van der Waals surface area contributed by atoms with Gasteiger partial charge < -0.3 is 4.90 Å². The largest absolute Gasteiger partial charge is 0.339 e. The maximum Gasteiger partial charge on any atom is 0.255 e. The molecule has 25 heavy (non-hydrogen) atoms. The van der Waals surface area contributed by atoms with E-state index < -0.39 is 0 Å². The van der Waals surface area contributed by atoms with Crippen LogP contribution in [-0.4, -0.2) is 28.9 Å². The zero-order valence-electron chi connectivity index (χ0n) is 14.6. The van der Waals surface area contributed by atoms with Crippen LogP contribution >= 0.6 is 0 Å². The molecule has 0 N–H and O–H groups in total. The molecule has 0 aliphatic rings. The second-order valence-corrected chi connectivity index (χ2v) is 5.88. The fourth-order valence-electron chi connectivity index (χ4n) is 2.89. The van der Waals surface area contributed by atoms with E-state index in [4.69, 9.17) is 0 Å². The quantitative estimate of drug-likeness (QED) is 0.667. The Bertz CT molecular complexity index is 837. The fraction of sp³-hybridized carbons (Fsp3) is 0.182. The van der Waals surface area contributed by atoms with Gasteiger partial charge in [0.05, 0.1) is 5.56 Å². The molecule has 0 fully saturated rings. The minimum absolute atomic E-state index is 0.0280. The first-order valence-electron chi connectivity index (χ1n) is 8.63. The molecular formula is C22H22N2O. The minimum atomic E-state index is 0.0280. The molecule has 0 saturated heterocycles. The fourth-order valence-corrected chi connectivity index (χ4v) is 2.89. The van der Waals surface area contributed by atoms with E-state index in [1.165, 1.54) is 11.1 Å². The number of pyridine rings is 1. The lowest BCUT2D eigenvalue weighted by atomic mass is 10.0. The highest BCUT2D eigenvalue weighted by Crippen LogP contribution is 2.25. The lowest BCUT2D eigenvalue weighted by Crippen LogP contribution is -2.30. The second kappa shape index (κ2) is 7.75. The Kier molecular flexibility index (Phi) is 5.24. The van der Waals surface area contributed by atoms with Crippen molar-refractivity contribution < 1.29 is 4.79 Å². The Morgan fingerprint density at radius 3 is 1.96 bits per heavy atom. The zero-order chi connectivity index (χ0) is 17.6. The van der Waals surface area contributed by atoms with Gasteiger partial charge in [0, 0.05) is 31.0 Å². The number of nitrogens with zero attached hydrogens (tertiary/aromatic N) is 2. The topological polar surface area (TPSA) is 33.2 Å². The van der Waals surface area contributed by atoms with Gasteiger partial charge in [-0.3, -0.25) is 9.78 Å². The molecule has 0 aliphatic carbocycles. The molecule has 0 unspecified atom stereocenters. The van der Waals surface area contributed by atoms with Crippen LogP contribution in [0.15, 0.2) is 73.1 Å². The van der Waals surface area contributed by atoms with E-state index in [-0.39, 0.29) is 5.91 Å². The van der Waals surface area contributed by atoms with Crippen LogP contribution in [0.1, 0.15) is 24.2 Å². The van der Waals surface area contributed by atoms with E-state index in [0.717, 1.165) is 11.1 Å². The third kappa shape index (κ3) is 3.77. The average Bonchev–Trinajstić information content (AvgIpc) is 2.70. The Balaban J connectivity index is 1.87. The van der Waals surface area contributed by atoms with Crippen LogP contribution in [0.3, 0.4) is 0 Å². The van der Waals surface area contributed by atoms with Gasteiger partial charge in [0.1, 0.15) is 0 Å². The molecule has 0 spiro atoms. The summed E-state index contributed by atoms with van der Waals surface area (Å²) >= 11 is 0. The van der Waals surface area contributed by atoms with Crippen LogP contribution in [0, 0.1) is 0 Å². The molecule has 3 heteroatoms. The maximum atomic E-state index is 12.5. The average molecular weight is 330 g/mol. The molecular weight excluding hydrogens is 308 g/mol. The van der Waals surface area contributed by atoms with Gasteiger partial charge in [-0.05, 0) is 36.6 Å². The van der Waals surface area contributed by atoms with E-state index in [1.54, 1.807) is 17.3 Å². The number of carbonyl (C=O) groups excluding carboxylic acids is 1. The van der Waals surface area contributed by atoms with Gasteiger partial charge in [-0.15, -0.1) is 0 Å². The second-order valence-electron chi connectivity index (χ2n) is 5.88. The van der Waals surface area contributed by atoms with E-state index in [9.17, 15) is 4.79 Å². The van der Waals surface area contributed by atoms with Crippen molar-refractivity contribution in [2.24, 2.45) is 0 Å². The molecule has 1 heterocycles. The van der Waals surface area contributed by atoms with Gasteiger partial charge in [-0.1, -0.05) is 54.6 Å². The molecule has 0 radical (unpaired) electrons. The summed E-state index contributed by atoms with van der Waals surface area (Å²) in [5.74, 6) is 0.0280. The van der Waals surface area contributed by atoms with Crippen molar-refractivity contribution in [2.45, 2.75) is 13.8 Å². The molecule has 3 nitrogen and oxygen atoms in total. The summed E-state index contributed by atoms with van der Waals surface area (Å²) < 4.78 is 0. The monoisotopic (exact) mass is 330 g/mol. The number of amides is 1. The van der Waals surface area contributed by atoms with E-state index >= 15 is 0 Å². The summed E-state index contributed by atoms with van der Waals surface area (Å²) in [7, 11) is 0. The van der Waals surface area contributed by atoms with Crippen molar-refractivity contribution in [1.29, 1.82) is 0 Å². The molecule has 2 aromatic carbocycles. The normalized spacial score (nSPS) is 10.5. The lowest BCUT2D eigenvalue weighted by Gasteiger charge is -2.18. The maximum absolute atomic E-state index is 12.5. The van der Waals surface area contributed by atoms with Crippen LogP contribution in [0.5, 0.6) is 0 Å². The van der Waals surface area contributed by atoms with Gasteiger partial charge in [-0.2, -0.15) is 0 Å². The number of rotatable bonds is 5. The first kappa shape index (κ1) is 16.9. The zero-order valence-corrected chi connectivity index (χ0v) is 14.6. The molecule has 0 atom stereocenters. The van der Waals surface area contributed by atoms with Crippen LogP contribution in [-0.2, 0) is 0 Å². The predicted molar refractivity (Wildman–Crippen MR) is 102 cm³/mol. The molecule has 0 aliphatic heterocycles. The Hall–Kier alpha value is -2.94. The third-order valence-corrected chi connectivity index (χ3v) is 4.36. The first-order chi connectivity index (χ1) is 12.2. The number of benzene rings is 2. The van der Waals surface area contributed by atoms with Crippen LogP contribution in [0.4, 0.5) is 0 Å². The van der Waals surface area contributed by atoms with Gasteiger partial charge in [-0.25, -0.2) is 0 Å². The highest BCUT2D eigenvalue weighted by Gasteiger charge is 2.13. The summed E-state index contributed by atoms with van der Waals surface area (Å²) in [6, 6.07) is 20.6. The molecule has 0 bridgehead atoms. The van der Waals surface area contributed by atoms with E-state index in [0.29, 0.717) is 18.7 Å².